The van der Waals surface area contributed by atoms with Crippen molar-refractivity contribution < 1.29 is 17.9 Å². The molecule has 164 valence electrons. The van der Waals surface area contributed by atoms with Gasteiger partial charge in [0, 0.05) is 12.1 Å². The molecular formula is C19H23N7O4S. The first-order valence-corrected chi connectivity index (χ1v) is 11.3. The molecule has 11 nitrogen and oxygen atoms in total. The van der Waals surface area contributed by atoms with Gasteiger partial charge in [0.15, 0.2) is 11.5 Å². The average molecular weight is 446 g/mol. The lowest BCUT2D eigenvalue weighted by Gasteiger charge is -2.23. The van der Waals surface area contributed by atoms with Gasteiger partial charge in [0.25, 0.3) is 0 Å². The van der Waals surface area contributed by atoms with E-state index in [-0.39, 0.29) is 23.4 Å². The maximum Gasteiger partial charge on any atom is 0.245 e. The van der Waals surface area contributed by atoms with Crippen molar-refractivity contribution in [2.45, 2.75) is 18.1 Å². The fraction of sp³-hybridized carbons (Fsp3) is 0.368. The predicted octanol–water partition coefficient (Wildman–Crippen LogP) is 1.24. The number of aromatic nitrogens is 5. The molecule has 0 bridgehead atoms. The van der Waals surface area contributed by atoms with Crippen LogP contribution in [0.3, 0.4) is 0 Å². The van der Waals surface area contributed by atoms with Gasteiger partial charge in [-0.15, -0.1) is 10.2 Å². The Morgan fingerprint density at radius 1 is 1.10 bits per heavy atom. The van der Waals surface area contributed by atoms with Crippen LogP contribution in [0.1, 0.15) is 12.8 Å². The Kier molecular flexibility index (Phi) is 6.00. The van der Waals surface area contributed by atoms with Gasteiger partial charge in [-0.05, 0) is 19.4 Å². The van der Waals surface area contributed by atoms with E-state index in [2.05, 4.69) is 30.2 Å². The summed E-state index contributed by atoms with van der Waals surface area (Å²) in [4.78, 5) is 8.29. The van der Waals surface area contributed by atoms with Gasteiger partial charge in [-0.25, -0.2) is 8.42 Å². The van der Waals surface area contributed by atoms with Crippen LogP contribution in [0.25, 0.3) is 17.1 Å². The molecule has 1 aliphatic rings. The minimum absolute atomic E-state index is 0.00386. The van der Waals surface area contributed by atoms with Crippen LogP contribution in [0.2, 0.25) is 0 Å². The van der Waals surface area contributed by atoms with Crippen LogP contribution in [0, 0.1) is 0 Å². The number of benzene rings is 1. The van der Waals surface area contributed by atoms with Gasteiger partial charge >= 0.3 is 0 Å². The molecule has 1 unspecified atom stereocenters. The molecule has 0 saturated carbocycles. The monoisotopic (exact) mass is 445 g/mol. The number of ether oxygens (including phenoxy) is 2. The van der Waals surface area contributed by atoms with Crippen molar-refractivity contribution in [3.63, 3.8) is 0 Å². The largest absolute Gasteiger partial charge is 0.479 e. The van der Waals surface area contributed by atoms with E-state index < -0.39 is 15.3 Å². The highest BCUT2D eigenvalue weighted by Crippen LogP contribution is 2.35. The SMILES string of the molecule is COc1ncnc(OC)c1-n1c(NS(=O)(=O)C2CCCNC2)nnc1-c1ccccc1. The van der Waals surface area contributed by atoms with Crippen molar-refractivity contribution in [2.75, 3.05) is 32.0 Å². The standard InChI is InChI=1S/C19H23N7O4S/c1-29-17-15(18(30-2)22-12-21-17)26-16(13-7-4-3-5-8-13)23-24-19(26)25-31(27,28)14-9-6-10-20-11-14/h3-5,7-8,12,14,20H,6,9-11H2,1-2H3,(H,24,25). The quantitative estimate of drug-likeness (QED) is 0.551. The normalized spacial score (nSPS) is 16.6. The third kappa shape index (κ3) is 4.16. The molecule has 2 aromatic heterocycles. The fourth-order valence-electron chi connectivity index (χ4n) is 3.47. The molecule has 0 radical (unpaired) electrons. The van der Waals surface area contributed by atoms with Crippen LogP contribution >= 0.6 is 0 Å². The number of anilines is 1. The number of nitrogens with zero attached hydrogens (tertiary/aromatic N) is 5. The topological polar surface area (TPSA) is 133 Å². The number of hydrogen-bond donors (Lipinski definition) is 2. The van der Waals surface area contributed by atoms with Gasteiger partial charge < -0.3 is 14.8 Å². The molecule has 0 spiro atoms. The maximum absolute atomic E-state index is 13.1. The Morgan fingerprint density at radius 3 is 2.42 bits per heavy atom. The smallest absolute Gasteiger partial charge is 0.245 e. The molecule has 1 aromatic carbocycles. The second kappa shape index (κ2) is 8.86. The van der Waals surface area contributed by atoms with Crippen molar-refractivity contribution >= 4 is 16.0 Å². The summed E-state index contributed by atoms with van der Waals surface area (Å²) in [6, 6.07) is 9.25. The number of methoxy groups -OCH3 is 2. The average Bonchev–Trinajstić information content (AvgIpc) is 3.21. The molecule has 31 heavy (non-hydrogen) atoms. The van der Waals surface area contributed by atoms with Gasteiger partial charge in [-0.3, -0.25) is 9.29 Å². The lowest BCUT2D eigenvalue weighted by molar-refractivity contribution is 0.368. The first kappa shape index (κ1) is 21.0. The van der Waals surface area contributed by atoms with E-state index in [0.29, 0.717) is 24.4 Å². The molecule has 3 heterocycles. The summed E-state index contributed by atoms with van der Waals surface area (Å²) >= 11 is 0. The molecule has 0 amide bonds. The van der Waals surface area contributed by atoms with Gasteiger partial charge in [-0.2, -0.15) is 9.97 Å². The van der Waals surface area contributed by atoms with E-state index in [1.165, 1.54) is 25.1 Å². The second-order valence-corrected chi connectivity index (χ2v) is 8.87. The Bertz CT molecular complexity index is 1120. The highest BCUT2D eigenvalue weighted by atomic mass is 32.2. The number of nitrogens with one attached hydrogen (secondary N) is 2. The molecule has 3 aromatic rings. The summed E-state index contributed by atoms with van der Waals surface area (Å²) in [7, 11) is -0.826. The lowest BCUT2D eigenvalue weighted by atomic mass is 10.2. The zero-order valence-electron chi connectivity index (χ0n) is 17.1. The molecular weight excluding hydrogens is 422 g/mol. The molecule has 4 rings (SSSR count). The molecule has 1 atom stereocenters. The number of rotatable bonds is 7. The minimum atomic E-state index is -3.73. The van der Waals surface area contributed by atoms with Gasteiger partial charge in [-0.1, -0.05) is 30.3 Å². The van der Waals surface area contributed by atoms with Gasteiger partial charge in [0.2, 0.25) is 27.7 Å². The molecule has 12 heteroatoms. The summed E-state index contributed by atoms with van der Waals surface area (Å²) in [5, 5.41) is 10.9. The van der Waals surface area contributed by atoms with Crippen LogP contribution in [0.15, 0.2) is 36.7 Å². The van der Waals surface area contributed by atoms with E-state index in [0.717, 1.165) is 13.0 Å². The fourth-order valence-corrected chi connectivity index (χ4v) is 4.84. The van der Waals surface area contributed by atoms with Crippen molar-refractivity contribution in [3.05, 3.63) is 36.7 Å². The van der Waals surface area contributed by atoms with E-state index in [9.17, 15) is 8.42 Å². The Morgan fingerprint density at radius 2 is 1.81 bits per heavy atom. The Balaban J connectivity index is 1.88. The summed E-state index contributed by atoms with van der Waals surface area (Å²) in [5.74, 6) is 0.745. The van der Waals surface area contributed by atoms with Crippen molar-refractivity contribution in [1.29, 1.82) is 0 Å². The highest BCUT2D eigenvalue weighted by Gasteiger charge is 2.31. The molecule has 2 N–H and O–H groups in total. The number of hydrogen-bond acceptors (Lipinski definition) is 9. The van der Waals surface area contributed by atoms with Gasteiger partial charge in [0.1, 0.15) is 6.33 Å². The first-order valence-electron chi connectivity index (χ1n) is 9.71. The van der Waals surface area contributed by atoms with Crippen LogP contribution in [0.5, 0.6) is 11.8 Å². The van der Waals surface area contributed by atoms with E-state index >= 15 is 0 Å². The summed E-state index contributed by atoms with van der Waals surface area (Å²) < 4.78 is 41.1. The van der Waals surface area contributed by atoms with E-state index in [1.807, 2.05) is 30.3 Å². The Hall–Kier alpha value is -3.25. The Labute approximate surface area is 179 Å². The van der Waals surface area contributed by atoms with Crippen LogP contribution < -0.4 is 19.5 Å². The van der Waals surface area contributed by atoms with Gasteiger partial charge in [0.05, 0.1) is 19.5 Å². The molecule has 1 saturated heterocycles. The van der Waals surface area contributed by atoms with Crippen molar-refractivity contribution in [2.24, 2.45) is 0 Å². The van der Waals surface area contributed by atoms with E-state index in [4.69, 9.17) is 9.47 Å². The second-order valence-electron chi connectivity index (χ2n) is 6.90. The first-order chi connectivity index (χ1) is 15.0. The van der Waals surface area contributed by atoms with E-state index in [1.54, 1.807) is 0 Å². The number of sulfonamides is 1. The summed E-state index contributed by atoms with van der Waals surface area (Å²) in [5.41, 5.74) is 1.00. The molecule has 1 fully saturated rings. The lowest BCUT2D eigenvalue weighted by Crippen LogP contribution is -2.41. The maximum atomic E-state index is 13.1. The zero-order chi connectivity index (χ0) is 21.8. The third-order valence-electron chi connectivity index (χ3n) is 4.98. The minimum Gasteiger partial charge on any atom is -0.479 e. The van der Waals surface area contributed by atoms with Crippen molar-refractivity contribution in [1.82, 2.24) is 30.0 Å². The zero-order valence-corrected chi connectivity index (χ0v) is 18.0. The molecule has 0 aliphatic carbocycles. The van der Waals surface area contributed by atoms with Crippen LogP contribution in [-0.4, -0.2) is 65.7 Å². The predicted molar refractivity (Wildman–Crippen MR) is 114 cm³/mol. The number of piperidine rings is 1. The summed E-state index contributed by atoms with van der Waals surface area (Å²) in [6.07, 6.45) is 2.63. The van der Waals surface area contributed by atoms with Crippen LogP contribution in [0.4, 0.5) is 5.95 Å². The third-order valence-corrected chi connectivity index (χ3v) is 6.73. The highest BCUT2D eigenvalue weighted by molar-refractivity contribution is 7.93. The van der Waals surface area contributed by atoms with Crippen LogP contribution in [-0.2, 0) is 10.0 Å². The molecule has 1 aliphatic heterocycles. The van der Waals surface area contributed by atoms with Crippen molar-refractivity contribution in [3.8, 4) is 28.8 Å². The summed E-state index contributed by atoms with van der Waals surface area (Å²) in [6.45, 7) is 1.17.